The van der Waals surface area contributed by atoms with Crippen molar-refractivity contribution in [2.45, 2.75) is 32.9 Å². The zero-order valence-corrected chi connectivity index (χ0v) is 16.9. The second-order valence-electron chi connectivity index (χ2n) is 6.98. The molecule has 1 aromatic heterocycles. The number of aromatic nitrogens is 1. The van der Waals surface area contributed by atoms with Crippen LogP contribution in [-0.2, 0) is 16.4 Å². The second-order valence-corrected chi connectivity index (χ2v) is 9.21. The van der Waals surface area contributed by atoms with Crippen LogP contribution >= 0.6 is 0 Å². The van der Waals surface area contributed by atoms with Crippen molar-refractivity contribution in [3.05, 3.63) is 47.9 Å². The van der Waals surface area contributed by atoms with Crippen molar-refractivity contribution in [1.82, 2.24) is 9.88 Å². The first-order chi connectivity index (χ1) is 12.8. The highest BCUT2D eigenvalue weighted by Crippen LogP contribution is 2.28. The summed E-state index contributed by atoms with van der Waals surface area (Å²) in [4.78, 5) is 6.79. The Morgan fingerprint density at radius 1 is 1.41 bits per heavy atom. The molecule has 1 aliphatic rings. The summed E-state index contributed by atoms with van der Waals surface area (Å²) in [5.41, 5.74) is 2.72. The van der Waals surface area contributed by atoms with Gasteiger partial charge in [-0.05, 0) is 44.0 Å². The van der Waals surface area contributed by atoms with Gasteiger partial charge in [-0.3, -0.25) is 4.90 Å². The number of ether oxygens (including phenoxy) is 1. The van der Waals surface area contributed by atoms with E-state index in [1.165, 1.54) is 0 Å². The van der Waals surface area contributed by atoms with Crippen molar-refractivity contribution in [2.75, 3.05) is 25.2 Å². The summed E-state index contributed by atoms with van der Waals surface area (Å²) in [6.45, 7) is 8.82. The molecule has 1 aromatic carbocycles. The van der Waals surface area contributed by atoms with Gasteiger partial charge in [0, 0.05) is 24.7 Å². The molecule has 3 rings (SSSR count). The lowest BCUT2D eigenvalue weighted by molar-refractivity contribution is 0.223. The minimum atomic E-state index is -2.94. The van der Waals surface area contributed by atoms with Gasteiger partial charge in [-0.2, -0.15) is 0 Å². The van der Waals surface area contributed by atoms with Gasteiger partial charge in [0.1, 0.15) is 11.5 Å². The smallest absolute Gasteiger partial charge is 0.226 e. The summed E-state index contributed by atoms with van der Waals surface area (Å²) in [5, 5.41) is 0. The van der Waals surface area contributed by atoms with E-state index in [1.807, 2.05) is 32.0 Å². The van der Waals surface area contributed by atoms with E-state index in [4.69, 9.17) is 9.15 Å². The summed E-state index contributed by atoms with van der Waals surface area (Å²) in [5.74, 6) is 2.57. The number of hydrogen-bond acceptors (Lipinski definition) is 6. The van der Waals surface area contributed by atoms with Crippen LogP contribution in [0.3, 0.4) is 0 Å². The predicted molar refractivity (Wildman–Crippen MR) is 106 cm³/mol. The molecule has 0 saturated carbocycles. The molecule has 0 radical (unpaired) electrons. The Bertz CT molecular complexity index is 933. The maximum Gasteiger partial charge on any atom is 0.226 e. The van der Waals surface area contributed by atoms with E-state index < -0.39 is 9.84 Å². The fraction of sp³-hybridized carbons (Fsp3) is 0.450. The molecule has 1 aliphatic heterocycles. The van der Waals surface area contributed by atoms with Gasteiger partial charge in [0.2, 0.25) is 5.89 Å². The van der Waals surface area contributed by atoms with Crippen molar-refractivity contribution >= 4 is 9.84 Å². The Morgan fingerprint density at radius 2 is 2.19 bits per heavy atom. The van der Waals surface area contributed by atoms with E-state index in [0.717, 1.165) is 28.3 Å². The van der Waals surface area contributed by atoms with Gasteiger partial charge < -0.3 is 9.15 Å². The van der Waals surface area contributed by atoms with Crippen molar-refractivity contribution in [3.63, 3.8) is 0 Å². The molecule has 0 amide bonds. The number of nitrogens with zero attached hydrogens (tertiary/aromatic N) is 2. The number of oxazole rings is 1. The van der Waals surface area contributed by atoms with Crippen LogP contribution in [0.5, 0.6) is 5.75 Å². The molecule has 1 fully saturated rings. The van der Waals surface area contributed by atoms with Gasteiger partial charge in [0.15, 0.2) is 9.84 Å². The molecule has 7 heteroatoms. The Hall–Kier alpha value is -2.12. The summed E-state index contributed by atoms with van der Waals surface area (Å²) >= 11 is 0. The first-order valence-electron chi connectivity index (χ1n) is 8.99. The van der Waals surface area contributed by atoms with Crippen LogP contribution in [-0.4, -0.2) is 49.5 Å². The minimum Gasteiger partial charge on any atom is -0.496 e. The predicted octanol–water partition coefficient (Wildman–Crippen LogP) is 3.14. The van der Waals surface area contributed by atoms with E-state index in [2.05, 4.69) is 16.5 Å². The van der Waals surface area contributed by atoms with Gasteiger partial charge >= 0.3 is 0 Å². The second kappa shape index (κ2) is 7.86. The molecule has 1 unspecified atom stereocenters. The van der Waals surface area contributed by atoms with Gasteiger partial charge in [-0.25, -0.2) is 13.4 Å². The summed E-state index contributed by atoms with van der Waals surface area (Å²) in [6.07, 6.45) is 2.45. The number of sulfone groups is 1. The summed E-state index contributed by atoms with van der Waals surface area (Å²) in [6, 6.07) is 5.80. The van der Waals surface area contributed by atoms with Crippen LogP contribution in [0, 0.1) is 13.8 Å². The van der Waals surface area contributed by atoms with E-state index in [0.29, 0.717) is 25.4 Å². The minimum absolute atomic E-state index is 0.00391. The van der Waals surface area contributed by atoms with Gasteiger partial charge in [0.05, 0.1) is 24.3 Å². The van der Waals surface area contributed by atoms with Crippen LogP contribution in [0.4, 0.5) is 0 Å². The molecular formula is C20H26N2O4S. The third-order valence-electron chi connectivity index (χ3n) is 4.98. The third-order valence-corrected chi connectivity index (χ3v) is 6.73. The average Bonchev–Trinajstić information content (AvgIpc) is 3.17. The fourth-order valence-electron chi connectivity index (χ4n) is 3.47. The Balaban J connectivity index is 1.82. The first kappa shape index (κ1) is 19.6. The molecule has 0 spiro atoms. The molecule has 27 heavy (non-hydrogen) atoms. The molecule has 6 nitrogen and oxygen atoms in total. The Labute approximate surface area is 160 Å². The van der Waals surface area contributed by atoms with Gasteiger partial charge in [0.25, 0.3) is 0 Å². The molecule has 1 saturated heterocycles. The normalized spacial score (nSPS) is 18.7. The number of rotatable bonds is 7. The highest BCUT2D eigenvalue weighted by Gasteiger charge is 2.32. The standard InChI is InChI=1S/C20H26N2O4S/c1-5-9-22(17-8-10-27(23,24)13-17)12-18-15(3)26-20(21-18)16-6-7-19(25-4)14(2)11-16/h5-7,11,17H,1,8-10,12-13H2,2-4H3. The van der Waals surface area contributed by atoms with Crippen molar-refractivity contribution in [3.8, 4) is 17.2 Å². The van der Waals surface area contributed by atoms with E-state index in [9.17, 15) is 8.42 Å². The molecule has 2 heterocycles. The Morgan fingerprint density at radius 3 is 2.78 bits per heavy atom. The molecule has 0 aliphatic carbocycles. The highest BCUT2D eigenvalue weighted by molar-refractivity contribution is 7.91. The first-order valence-corrected chi connectivity index (χ1v) is 10.8. The van der Waals surface area contributed by atoms with Crippen LogP contribution < -0.4 is 4.74 Å². The molecule has 0 bridgehead atoms. The van der Waals surface area contributed by atoms with Crippen molar-refractivity contribution < 1.29 is 17.6 Å². The Kier molecular flexibility index (Phi) is 5.72. The molecule has 146 valence electrons. The van der Waals surface area contributed by atoms with E-state index >= 15 is 0 Å². The number of benzene rings is 1. The molecule has 1 atom stereocenters. The maximum absolute atomic E-state index is 11.8. The molecule has 2 aromatic rings. The number of hydrogen-bond donors (Lipinski definition) is 0. The lowest BCUT2D eigenvalue weighted by atomic mass is 10.1. The highest BCUT2D eigenvalue weighted by atomic mass is 32.2. The quantitative estimate of drug-likeness (QED) is 0.676. The number of aryl methyl sites for hydroxylation is 2. The maximum atomic E-state index is 11.8. The fourth-order valence-corrected chi connectivity index (χ4v) is 5.24. The van der Waals surface area contributed by atoms with Crippen LogP contribution in [0.1, 0.15) is 23.4 Å². The summed E-state index contributed by atoms with van der Waals surface area (Å²) in [7, 11) is -1.30. The largest absolute Gasteiger partial charge is 0.496 e. The molecular weight excluding hydrogens is 364 g/mol. The third kappa shape index (κ3) is 4.42. The zero-order valence-electron chi connectivity index (χ0n) is 16.1. The van der Waals surface area contributed by atoms with E-state index in [-0.39, 0.29) is 17.5 Å². The summed E-state index contributed by atoms with van der Waals surface area (Å²) < 4.78 is 34.9. The average molecular weight is 391 g/mol. The van der Waals surface area contributed by atoms with Crippen molar-refractivity contribution in [2.24, 2.45) is 0 Å². The van der Waals surface area contributed by atoms with Crippen LogP contribution in [0.2, 0.25) is 0 Å². The van der Waals surface area contributed by atoms with Gasteiger partial charge in [-0.15, -0.1) is 6.58 Å². The lowest BCUT2D eigenvalue weighted by Gasteiger charge is -2.25. The molecule has 0 N–H and O–H groups in total. The van der Waals surface area contributed by atoms with Crippen LogP contribution in [0.15, 0.2) is 35.3 Å². The lowest BCUT2D eigenvalue weighted by Crippen LogP contribution is -2.36. The monoisotopic (exact) mass is 390 g/mol. The SMILES string of the molecule is C=CCN(Cc1nc(-c2ccc(OC)c(C)c2)oc1C)C1CCS(=O)(=O)C1. The topological polar surface area (TPSA) is 72.6 Å². The zero-order chi connectivity index (χ0) is 19.6. The number of methoxy groups -OCH3 is 1. The van der Waals surface area contributed by atoms with Crippen LogP contribution in [0.25, 0.3) is 11.5 Å². The van der Waals surface area contributed by atoms with E-state index in [1.54, 1.807) is 13.2 Å². The van der Waals surface area contributed by atoms with Gasteiger partial charge in [-0.1, -0.05) is 6.08 Å². The van der Waals surface area contributed by atoms with Crippen molar-refractivity contribution in [1.29, 1.82) is 0 Å².